The number of hydrogen-bond acceptors (Lipinski definition) is 2. The lowest BCUT2D eigenvalue weighted by molar-refractivity contribution is -0.917. The second kappa shape index (κ2) is 9.83. The molecule has 5 heteroatoms. The second-order valence-corrected chi connectivity index (χ2v) is 8.66. The zero-order valence-electron chi connectivity index (χ0n) is 16.7. The molecule has 3 N–H and O–H groups in total. The second-order valence-electron chi connectivity index (χ2n) is 7.63. The fourth-order valence-corrected chi connectivity index (χ4v) is 4.82. The highest BCUT2D eigenvalue weighted by molar-refractivity contribution is 7.09. The number of rotatable bonds is 7. The van der Waals surface area contributed by atoms with Gasteiger partial charge in [0.1, 0.15) is 12.6 Å². The Morgan fingerprint density at radius 2 is 1.55 bits per heavy atom. The van der Waals surface area contributed by atoms with Crippen LogP contribution in [0.25, 0.3) is 0 Å². The van der Waals surface area contributed by atoms with Crippen LogP contribution in [0.15, 0.2) is 78.2 Å². The summed E-state index contributed by atoms with van der Waals surface area (Å²) in [7, 11) is 0. The van der Waals surface area contributed by atoms with Gasteiger partial charge in [-0.25, -0.2) is 0 Å². The molecule has 3 aromatic rings. The number of nitrogens with two attached hydrogens (primary N) is 1. The molecule has 1 saturated heterocycles. The predicted molar refractivity (Wildman–Crippen MR) is 117 cm³/mol. The molecule has 1 aliphatic rings. The molecule has 0 radical (unpaired) electrons. The normalized spacial score (nSPS) is 15.0. The summed E-state index contributed by atoms with van der Waals surface area (Å²) >= 11 is 1.82. The first-order valence-electron chi connectivity index (χ1n) is 10.4. The number of quaternary nitrogens is 2. The molecule has 0 spiro atoms. The number of carbonyl (C=O) groups excluding carboxylic acids is 1. The number of hydrogen-bond donors (Lipinski definition) is 2. The number of thiophene rings is 1. The van der Waals surface area contributed by atoms with E-state index in [4.69, 9.17) is 0 Å². The number of nitrogens with one attached hydrogen (secondary N) is 1. The highest BCUT2D eigenvalue weighted by Gasteiger charge is 2.26. The third kappa shape index (κ3) is 5.32. The van der Waals surface area contributed by atoms with Crippen molar-refractivity contribution in [1.82, 2.24) is 4.90 Å². The van der Waals surface area contributed by atoms with Crippen molar-refractivity contribution in [3.8, 4) is 0 Å². The summed E-state index contributed by atoms with van der Waals surface area (Å²) in [5, 5.41) is 4.32. The van der Waals surface area contributed by atoms with Crippen molar-refractivity contribution >= 4 is 17.2 Å². The Bertz CT molecular complexity index is 836. The van der Waals surface area contributed by atoms with Gasteiger partial charge in [0.25, 0.3) is 5.91 Å². The first-order valence-corrected chi connectivity index (χ1v) is 11.2. The van der Waals surface area contributed by atoms with E-state index in [0.29, 0.717) is 6.54 Å². The van der Waals surface area contributed by atoms with Crippen molar-refractivity contribution in [3.63, 3.8) is 0 Å². The molecule has 1 fully saturated rings. The smallest absolute Gasteiger partial charge is 0.278 e. The third-order valence-corrected chi connectivity index (χ3v) is 6.55. The lowest BCUT2D eigenvalue weighted by Gasteiger charge is -2.32. The van der Waals surface area contributed by atoms with Gasteiger partial charge >= 0.3 is 0 Å². The Morgan fingerprint density at radius 3 is 2.10 bits per heavy atom. The molecule has 150 valence electrons. The summed E-state index contributed by atoms with van der Waals surface area (Å²) in [4.78, 5) is 17.9. The Balaban J connectivity index is 1.33. The van der Waals surface area contributed by atoms with Crippen LogP contribution in [0, 0.1) is 0 Å². The van der Waals surface area contributed by atoms with Crippen molar-refractivity contribution in [2.75, 3.05) is 32.7 Å². The average Bonchev–Trinajstić information content (AvgIpc) is 3.29. The minimum atomic E-state index is 0.145. The van der Waals surface area contributed by atoms with Gasteiger partial charge in [-0.1, -0.05) is 66.7 Å². The van der Waals surface area contributed by atoms with Crippen LogP contribution in [0.4, 0.5) is 0 Å². The van der Waals surface area contributed by atoms with Gasteiger partial charge in [0.2, 0.25) is 0 Å². The molecule has 1 aliphatic heterocycles. The number of benzene rings is 2. The van der Waals surface area contributed by atoms with Crippen LogP contribution in [-0.4, -0.2) is 43.5 Å². The van der Waals surface area contributed by atoms with E-state index in [0.717, 1.165) is 32.7 Å². The van der Waals surface area contributed by atoms with E-state index in [1.165, 1.54) is 16.0 Å². The van der Waals surface area contributed by atoms with Crippen LogP contribution in [0.5, 0.6) is 0 Å². The highest BCUT2D eigenvalue weighted by Crippen LogP contribution is 2.17. The van der Waals surface area contributed by atoms with Crippen LogP contribution in [0.1, 0.15) is 22.0 Å². The van der Waals surface area contributed by atoms with E-state index >= 15 is 0 Å². The molecule has 0 aliphatic carbocycles. The maximum absolute atomic E-state index is 12.9. The maximum Gasteiger partial charge on any atom is 0.278 e. The number of nitrogens with zero attached hydrogens (tertiary/aromatic N) is 1. The fraction of sp³-hybridized carbons (Fsp3) is 0.292. The summed E-state index contributed by atoms with van der Waals surface area (Å²) < 4.78 is 0. The topological polar surface area (TPSA) is 41.4 Å². The first kappa shape index (κ1) is 19.8. The largest absolute Gasteiger partial charge is 0.328 e. The maximum atomic E-state index is 12.9. The number of amides is 1. The number of carbonyl (C=O) groups is 1. The molecule has 0 bridgehead atoms. The van der Waals surface area contributed by atoms with Gasteiger partial charge in [0.05, 0.1) is 31.1 Å². The van der Waals surface area contributed by atoms with Crippen molar-refractivity contribution in [2.45, 2.75) is 12.6 Å². The van der Waals surface area contributed by atoms with E-state index in [-0.39, 0.29) is 11.9 Å². The van der Waals surface area contributed by atoms with E-state index < -0.39 is 0 Å². The molecule has 0 atom stereocenters. The van der Waals surface area contributed by atoms with Crippen LogP contribution in [-0.2, 0) is 11.3 Å². The zero-order valence-corrected chi connectivity index (χ0v) is 17.5. The van der Waals surface area contributed by atoms with E-state index in [9.17, 15) is 4.79 Å². The molecule has 2 aromatic carbocycles. The molecular weight excluding hydrogens is 378 g/mol. The summed E-state index contributed by atoms with van der Waals surface area (Å²) in [6.07, 6.45) is 0. The molecule has 2 heterocycles. The van der Waals surface area contributed by atoms with Crippen LogP contribution in [0.3, 0.4) is 0 Å². The van der Waals surface area contributed by atoms with E-state index in [1.807, 2.05) is 28.4 Å². The SMILES string of the molecule is O=C(C[NH2+]C(c1ccccc1)c1ccccc1)N1CC[NH+](Cc2cccs2)CC1. The minimum Gasteiger partial charge on any atom is -0.328 e. The minimum absolute atomic E-state index is 0.145. The van der Waals surface area contributed by atoms with E-state index in [1.54, 1.807) is 4.90 Å². The van der Waals surface area contributed by atoms with Crippen molar-refractivity contribution in [1.29, 1.82) is 0 Å². The first-order chi connectivity index (χ1) is 14.3. The third-order valence-electron chi connectivity index (χ3n) is 5.67. The molecule has 0 unspecified atom stereocenters. The Kier molecular flexibility index (Phi) is 6.72. The Morgan fingerprint density at radius 1 is 0.931 bits per heavy atom. The molecule has 0 saturated carbocycles. The fourth-order valence-electron chi connectivity index (χ4n) is 4.04. The van der Waals surface area contributed by atoms with Gasteiger partial charge in [0.15, 0.2) is 6.54 Å². The van der Waals surface area contributed by atoms with Crippen molar-refractivity contribution in [2.24, 2.45) is 0 Å². The van der Waals surface area contributed by atoms with Crippen LogP contribution >= 0.6 is 11.3 Å². The molecule has 29 heavy (non-hydrogen) atoms. The Hall–Kier alpha value is -2.47. The van der Waals surface area contributed by atoms with E-state index in [2.05, 4.69) is 71.4 Å². The van der Waals surface area contributed by atoms with Crippen molar-refractivity contribution < 1.29 is 15.0 Å². The van der Waals surface area contributed by atoms with Crippen LogP contribution < -0.4 is 10.2 Å². The summed E-state index contributed by atoms with van der Waals surface area (Å²) in [6, 6.07) is 25.4. The number of piperazine rings is 1. The zero-order chi connectivity index (χ0) is 19.9. The van der Waals surface area contributed by atoms with Gasteiger partial charge in [0, 0.05) is 11.1 Å². The molecule has 4 nitrogen and oxygen atoms in total. The van der Waals surface area contributed by atoms with Gasteiger partial charge in [-0.2, -0.15) is 0 Å². The average molecular weight is 408 g/mol. The molecule has 4 rings (SSSR count). The lowest BCUT2D eigenvalue weighted by atomic mass is 9.99. The molecular formula is C24H29N3OS+2. The van der Waals surface area contributed by atoms with Gasteiger partial charge in [-0.15, -0.1) is 11.3 Å². The summed E-state index contributed by atoms with van der Waals surface area (Å²) in [6.45, 7) is 5.34. The molecule has 1 aromatic heterocycles. The standard InChI is InChI=1S/C24H27N3OS/c28-23(27-15-13-26(14-16-27)19-22-12-7-17-29-22)18-25-24(20-8-3-1-4-9-20)21-10-5-2-6-11-21/h1-12,17,24-25H,13-16,18-19H2/p+2. The Labute approximate surface area is 176 Å². The summed E-state index contributed by atoms with van der Waals surface area (Å²) in [5.74, 6) is 0.247. The highest BCUT2D eigenvalue weighted by atomic mass is 32.1. The van der Waals surface area contributed by atoms with Crippen LogP contribution in [0.2, 0.25) is 0 Å². The summed E-state index contributed by atoms with van der Waals surface area (Å²) in [5.41, 5.74) is 2.47. The molecule has 1 amide bonds. The monoisotopic (exact) mass is 407 g/mol. The van der Waals surface area contributed by atoms with Gasteiger partial charge in [-0.05, 0) is 11.4 Å². The quantitative estimate of drug-likeness (QED) is 0.610. The van der Waals surface area contributed by atoms with Gasteiger partial charge < -0.3 is 15.1 Å². The lowest BCUT2D eigenvalue weighted by Crippen LogP contribution is -3.13. The predicted octanol–water partition coefficient (Wildman–Crippen LogP) is 1.33. The van der Waals surface area contributed by atoms with Gasteiger partial charge in [-0.3, -0.25) is 4.79 Å². The van der Waals surface area contributed by atoms with Crippen molar-refractivity contribution in [3.05, 3.63) is 94.2 Å².